The molecule has 3 N–H and O–H groups in total. The summed E-state index contributed by atoms with van der Waals surface area (Å²) in [6.07, 6.45) is 13.9. The van der Waals surface area contributed by atoms with Gasteiger partial charge in [0.05, 0.1) is 16.9 Å². The van der Waals surface area contributed by atoms with E-state index in [2.05, 4.69) is 15.2 Å². The number of carbonyl (C=O) groups excluding carboxylic acids is 3. The Morgan fingerprint density at radius 3 is 2.32 bits per heavy atom. The van der Waals surface area contributed by atoms with E-state index in [0.717, 1.165) is 86.4 Å². The number of pyridine rings is 1. The number of aromatic nitrogens is 2. The fourth-order valence-corrected chi connectivity index (χ4v) is 7.79. The molecule has 10 nitrogen and oxygen atoms in total. The summed E-state index contributed by atoms with van der Waals surface area (Å²) >= 11 is 0. The van der Waals surface area contributed by atoms with Gasteiger partial charge in [-0.15, -0.1) is 0 Å². The second kappa shape index (κ2) is 14.3. The Kier molecular flexibility index (Phi) is 9.52. The summed E-state index contributed by atoms with van der Waals surface area (Å²) in [5.41, 5.74) is 4.45. The molecule has 1 saturated heterocycles. The predicted octanol–water partition coefficient (Wildman–Crippen LogP) is 6.76. The first-order valence-electron chi connectivity index (χ1n) is 17.8. The van der Waals surface area contributed by atoms with Crippen LogP contribution in [-0.4, -0.2) is 61.9 Å². The van der Waals surface area contributed by atoms with Crippen molar-refractivity contribution in [2.45, 2.75) is 82.2 Å². The van der Waals surface area contributed by atoms with Gasteiger partial charge in [-0.3, -0.25) is 19.4 Å². The number of anilines is 1. The zero-order chi connectivity index (χ0) is 34.7. The van der Waals surface area contributed by atoms with Crippen molar-refractivity contribution in [3.8, 4) is 11.4 Å². The lowest BCUT2D eigenvalue weighted by Gasteiger charge is -2.40. The number of fused-ring (bicyclic) bond motifs is 1. The number of nitrogens with zero attached hydrogens (tertiary/aromatic N) is 3. The van der Waals surface area contributed by atoms with E-state index in [1.54, 1.807) is 30.5 Å². The van der Waals surface area contributed by atoms with E-state index in [-0.39, 0.29) is 24.3 Å². The van der Waals surface area contributed by atoms with Crippen LogP contribution in [0.15, 0.2) is 72.9 Å². The molecular weight excluding hydrogens is 630 g/mol. The van der Waals surface area contributed by atoms with Crippen LogP contribution in [0, 0.1) is 0 Å². The maximum atomic E-state index is 14.0. The SMILES string of the molecule is O=C(O)/C=C/c1ccc(NC(=O)C2(NC(=O)c3ccc4c(C5CCCCC5)c(-c5ccccn5)n(CC(=O)N5CCCC5)c4c3)CCC2)cc1. The molecule has 2 aromatic heterocycles. The number of rotatable bonds is 10. The van der Waals surface area contributed by atoms with Gasteiger partial charge < -0.3 is 25.2 Å². The van der Waals surface area contributed by atoms with E-state index in [0.29, 0.717) is 35.6 Å². The summed E-state index contributed by atoms with van der Waals surface area (Å²) in [4.78, 5) is 58.9. The van der Waals surface area contributed by atoms with Gasteiger partial charge in [-0.25, -0.2) is 4.79 Å². The Morgan fingerprint density at radius 1 is 0.900 bits per heavy atom. The highest BCUT2D eigenvalue weighted by Gasteiger charge is 2.45. The molecular formula is C40H43N5O5. The van der Waals surface area contributed by atoms with Crippen molar-refractivity contribution in [3.63, 3.8) is 0 Å². The molecule has 0 atom stereocenters. The van der Waals surface area contributed by atoms with Gasteiger partial charge in [0.2, 0.25) is 11.8 Å². The zero-order valence-electron chi connectivity index (χ0n) is 28.2. The molecule has 4 aromatic rings. The normalized spacial score (nSPS) is 17.5. The lowest BCUT2D eigenvalue weighted by molar-refractivity contribution is -0.132. The number of carbonyl (C=O) groups is 4. The van der Waals surface area contributed by atoms with Gasteiger partial charge in [0.1, 0.15) is 12.1 Å². The molecule has 3 aliphatic rings. The lowest BCUT2D eigenvalue weighted by atomic mass is 9.75. The van der Waals surface area contributed by atoms with Gasteiger partial charge in [-0.05, 0) is 104 Å². The van der Waals surface area contributed by atoms with Gasteiger partial charge in [0.15, 0.2) is 0 Å². The van der Waals surface area contributed by atoms with Crippen LogP contribution in [0.25, 0.3) is 28.4 Å². The number of likely N-dealkylation sites (tertiary alicyclic amines) is 1. The molecule has 2 saturated carbocycles. The van der Waals surface area contributed by atoms with E-state index in [9.17, 15) is 19.2 Å². The van der Waals surface area contributed by atoms with Gasteiger partial charge in [-0.2, -0.15) is 0 Å². The van der Waals surface area contributed by atoms with Crippen molar-refractivity contribution >= 4 is 46.4 Å². The molecule has 50 heavy (non-hydrogen) atoms. The fourth-order valence-electron chi connectivity index (χ4n) is 7.79. The van der Waals surface area contributed by atoms with Crippen LogP contribution < -0.4 is 10.6 Å². The number of amides is 3. The number of carboxylic acid groups (broad SMARTS) is 1. The van der Waals surface area contributed by atoms with Crippen LogP contribution in [0.2, 0.25) is 0 Å². The van der Waals surface area contributed by atoms with E-state index in [4.69, 9.17) is 10.1 Å². The molecule has 258 valence electrons. The molecule has 0 spiro atoms. The van der Waals surface area contributed by atoms with E-state index < -0.39 is 11.5 Å². The largest absolute Gasteiger partial charge is 0.478 e. The molecule has 7 rings (SSSR count). The lowest BCUT2D eigenvalue weighted by Crippen LogP contribution is -2.61. The number of nitrogens with one attached hydrogen (secondary N) is 2. The third-order valence-corrected chi connectivity index (χ3v) is 10.6. The molecule has 1 aliphatic heterocycles. The minimum absolute atomic E-state index is 0.0673. The van der Waals surface area contributed by atoms with Gasteiger partial charge in [0.25, 0.3) is 5.91 Å². The maximum absolute atomic E-state index is 14.0. The monoisotopic (exact) mass is 673 g/mol. The van der Waals surface area contributed by atoms with E-state index in [1.165, 1.54) is 18.1 Å². The Labute approximate surface area is 291 Å². The molecule has 10 heteroatoms. The van der Waals surface area contributed by atoms with Crippen LogP contribution in [0.3, 0.4) is 0 Å². The Hall–Kier alpha value is -5.25. The third-order valence-electron chi connectivity index (χ3n) is 10.6. The standard InChI is InChI=1S/C40H43N5O5/c46-34(44-23-6-7-24-44)26-45-33-25-29(15-18-31(33)36(28-9-2-1-3-10-28)37(45)32-11-4-5-22-41-32)38(49)43-40(20-8-21-40)39(50)42-30-16-12-27(13-17-30)14-19-35(47)48/h4-5,11-19,22,25,28H,1-3,6-10,20-21,23-24,26H2,(H,42,50)(H,43,49)(H,47,48)/b19-14+. The molecule has 3 fully saturated rings. The fraction of sp³-hybridized carbons (Fsp3) is 0.375. The second-order valence-corrected chi connectivity index (χ2v) is 13.9. The number of hydrogen-bond donors (Lipinski definition) is 3. The van der Waals surface area contributed by atoms with Crippen LogP contribution in [0.1, 0.15) is 91.6 Å². The maximum Gasteiger partial charge on any atom is 0.328 e. The molecule has 2 aromatic carbocycles. The Bertz CT molecular complexity index is 1930. The van der Waals surface area contributed by atoms with Crippen LogP contribution in [0.5, 0.6) is 0 Å². The van der Waals surface area contributed by atoms with Crippen molar-refractivity contribution in [1.29, 1.82) is 0 Å². The summed E-state index contributed by atoms with van der Waals surface area (Å²) in [7, 11) is 0. The summed E-state index contributed by atoms with van der Waals surface area (Å²) in [6, 6.07) is 18.5. The number of benzene rings is 2. The summed E-state index contributed by atoms with van der Waals surface area (Å²) in [6.45, 7) is 1.68. The van der Waals surface area contributed by atoms with Crippen molar-refractivity contribution in [2.24, 2.45) is 0 Å². The first-order valence-corrected chi connectivity index (χ1v) is 17.8. The molecule has 0 bridgehead atoms. The first kappa shape index (κ1) is 33.3. The van der Waals surface area contributed by atoms with Crippen molar-refractivity contribution in [2.75, 3.05) is 18.4 Å². The highest BCUT2D eigenvalue weighted by Crippen LogP contribution is 2.44. The smallest absolute Gasteiger partial charge is 0.328 e. The number of carboxylic acids is 1. The second-order valence-electron chi connectivity index (χ2n) is 13.9. The predicted molar refractivity (Wildman–Crippen MR) is 193 cm³/mol. The van der Waals surface area contributed by atoms with Crippen molar-refractivity contribution in [1.82, 2.24) is 19.8 Å². The molecule has 2 aliphatic carbocycles. The number of hydrogen-bond acceptors (Lipinski definition) is 5. The quantitative estimate of drug-likeness (QED) is 0.159. The summed E-state index contributed by atoms with van der Waals surface area (Å²) < 4.78 is 2.08. The van der Waals surface area contributed by atoms with Gasteiger partial charge in [0, 0.05) is 42.0 Å². The average Bonchev–Trinajstić information content (AvgIpc) is 3.77. The van der Waals surface area contributed by atoms with Gasteiger partial charge in [-0.1, -0.05) is 43.5 Å². The van der Waals surface area contributed by atoms with Crippen molar-refractivity contribution in [3.05, 3.63) is 89.6 Å². The minimum Gasteiger partial charge on any atom is -0.478 e. The van der Waals surface area contributed by atoms with E-state index in [1.807, 2.05) is 41.3 Å². The summed E-state index contributed by atoms with van der Waals surface area (Å²) in [5, 5.41) is 15.9. The highest BCUT2D eigenvalue weighted by atomic mass is 16.4. The van der Waals surface area contributed by atoms with Crippen LogP contribution in [0.4, 0.5) is 5.69 Å². The first-order chi connectivity index (χ1) is 24.3. The van der Waals surface area contributed by atoms with Crippen LogP contribution >= 0.6 is 0 Å². The number of aliphatic carboxylic acids is 1. The van der Waals surface area contributed by atoms with Gasteiger partial charge >= 0.3 is 5.97 Å². The average molecular weight is 674 g/mol. The third kappa shape index (κ3) is 6.79. The zero-order valence-corrected chi connectivity index (χ0v) is 28.2. The molecule has 0 radical (unpaired) electrons. The van der Waals surface area contributed by atoms with Crippen LogP contribution in [-0.2, 0) is 20.9 Å². The molecule has 0 unspecified atom stereocenters. The molecule has 3 heterocycles. The van der Waals surface area contributed by atoms with E-state index >= 15 is 0 Å². The summed E-state index contributed by atoms with van der Waals surface area (Å²) in [5.74, 6) is -1.27. The minimum atomic E-state index is -1.05. The Morgan fingerprint density at radius 2 is 1.66 bits per heavy atom. The molecule has 3 amide bonds. The Balaban J connectivity index is 1.21. The topological polar surface area (TPSA) is 134 Å². The van der Waals surface area contributed by atoms with Crippen molar-refractivity contribution < 1.29 is 24.3 Å². The highest BCUT2D eigenvalue weighted by molar-refractivity contribution is 6.06.